The van der Waals surface area contributed by atoms with Crippen LogP contribution in [0.15, 0.2) is 60.3 Å². The van der Waals surface area contributed by atoms with Crippen molar-refractivity contribution < 1.29 is 9.90 Å². The molecular formula is C20H24N4O2. The fourth-order valence-corrected chi connectivity index (χ4v) is 3.85. The molecule has 1 aromatic heterocycles. The number of hydrogen-bond acceptors (Lipinski definition) is 5. The lowest BCUT2D eigenvalue weighted by Gasteiger charge is -2.29. The highest BCUT2D eigenvalue weighted by atomic mass is 16.3. The van der Waals surface area contributed by atoms with Crippen LogP contribution in [-0.2, 0) is 11.3 Å². The maximum atomic E-state index is 12.9. The molecule has 1 amide bonds. The maximum Gasteiger partial charge on any atom is 0.251 e. The van der Waals surface area contributed by atoms with E-state index in [1.165, 1.54) is 0 Å². The van der Waals surface area contributed by atoms with Gasteiger partial charge in [0.2, 0.25) is 0 Å². The van der Waals surface area contributed by atoms with Crippen LogP contribution < -0.4 is 10.6 Å². The van der Waals surface area contributed by atoms with Gasteiger partial charge in [0.15, 0.2) is 0 Å². The van der Waals surface area contributed by atoms with E-state index in [0.717, 1.165) is 36.9 Å². The third-order valence-corrected chi connectivity index (χ3v) is 5.27. The molecule has 0 radical (unpaired) electrons. The largest absolute Gasteiger partial charge is 0.391 e. The van der Waals surface area contributed by atoms with Crippen molar-refractivity contribution in [1.82, 2.24) is 20.5 Å². The van der Waals surface area contributed by atoms with Crippen molar-refractivity contribution in [2.24, 2.45) is 0 Å². The van der Waals surface area contributed by atoms with Gasteiger partial charge in [-0.1, -0.05) is 12.8 Å². The van der Waals surface area contributed by atoms with Crippen molar-refractivity contribution in [1.29, 1.82) is 0 Å². The summed E-state index contributed by atoms with van der Waals surface area (Å²) in [5.41, 5.74) is 2.88. The second kappa shape index (κ2) is 7.33. The second-order valence-corrected chi connectivity index (χ2v) is 7.05. The average Bonchev–Trinajstić information content (AvgIpc) is 3.03. The smallest absolute Gasteiger partial charge is 0.251 e. The van der Waals surface area contributed by atoms with E-state index >= 15 is 0 Å². The van der Waals surface area contributed by atoms with Crippen LogP contribution in [0.1, 0.15) is 31.2 Å². The Kier molecular flexibility index (Phi) is 4.75. The van der Waals surface area contributed by atoms with Crippen molar-refractivity contribution in [2.75, 3.05) is 0 Å². The SMILES string of the molecule is O=C(N[C@H]1CCCCC1O)C1=CN(Cc2ccncc2)C2=CC=CNC12. The molecule has 0 saturated heterocycles. The van der Waals surface area contributed by atoms with Gasteiger partial charge in [-0.2, -0.15) is 0 Å². The Morgan fingerprint density at radius 1 is 1.31 bits per heavy atom. The Bertz CT molecular complexity index is 756. The van der Waals surface area contributed by atoms with Gasteiger partial charge in [-0.25, -0.2) is 0 Å². The molecule has 3 atom stereocenters. The van der Waals surface area contributed by atoms with Gasteiger partial charge in [0.1, 0.15) is 0 Å². The first-order valence-corrected chi connectivity index (χ1v) is 9.21. The van der Waals surface area contributed by atoms with Crippen LogP contribution in [0, 0.1) is 0 Å². The van der Waals surface area contributed by atoms with Crippen LogP contribution in [0.2, 0.25) is 0 Å². The number of allylic oxidation sites excluding steroid dienone is 2. The van der Waals surface area contributed by atoms with Crippen molar-refractivity contribution in [3.8, 4) is 0 Å². The number of dihydropyridines is 1. The molecule has 0 aromatic carbocycles. The van der Waals surface area contributed by atoms with Crippen LogP contribution in [0.4, 0.5) is 0 Å². The van der Waals surface area contributed by atoms with E-state index in [-0.39, 0.29) is 18.0 Å². The van der Waals surface area contributed by atoms with E-state index in [1.54, 1.807) is 12.4 Å². The molecule has 3 heterocycles. The Hall–Kier alpha value is -2.60. The lowest BCUT2D eigenvalue weighted by Crippen LogP contribution is -2.47. The lowest BCUT2D eigenvalue weighted by molar-refractivity contribution is -0.119. The molecule has 2 unspecified atom stereocenters. The summed E-state index contributed by atoms with van der Waals surface area (Å²) in [4.78, 5) is 19.1. The van der Waals surface area contributed by atoms with Crippen LogP contribution in [0.5, 0.6) is 0 Å². The predicted octanol–water partition coefficient (Wildman–Crippen LogP) is 1.57. The molecule has 3 N–H and O–H groups in total. The van der Waals surface area contributed by atoms with Gasteiger partial charge in [0.25, 0.3) is 5.91 Å². The van der Waals surface area contributed by atoms with E-state index in [1.807, 2.05) is 36.7 Å². The fraction of sp³-hybridized carbons (Fsp3) is 0.400. The molecule has 26 heavy (non-hydrogen) atoms. The van der Waals surface area contributed by atoms with Crippen molar-refractivity contribution in [3.63, 3.8) is 0 Å². The predicted molar refractivity (Wildman–Crippen MR) is 98.4 cm³/mol. The summed E-state index contributed by atoms with van der Waals surface area (Å²) < 4.78 is 0. The van der Waals surface area contributed by atoms with Crippen molar-refractivity contribution in [2.45, 2.75) is 50.4 Å². The summed E-state index contributed by atoms with van der Waals surface area (Å²) >= 11 is 0. The standard InChI is InChI=1S/C20H24N4O2/c25-18-6-2-1-4-16(18)23-20(26)15-13-24(12-14-7-10-21-11-8-14)17-5-3-9-22-19(15)17/h3,5,7-11,13,16,18-19,22,25H,1-2,4,6,12H2,(H,23,26)/t16-,18?,19?/m0/s1. The van der Waals surface area contributed by atoms with Crippen LogP contribution in [0.25, 0.3) is 0 Å². The number of pyridine rings is 1. The Morgan fingerprint density at radius 3 is 2.92 bits per heavy atom. The first kappa shape index (κ1) is 16.8. The number of aliphatic hydroxyl groups excluding tert-OH is 1. The molecule has 0 bridgehead atoms. The molecule has 1 aliphatic carbocycles. The number of carbonyl (C=O) groups is 1. The highest BCUT2D eigenvalue weighted by molar-refractivity contribution is 5.96. The van der Waals surface area contributed by atoms with Gasteiger partial charge >= 0.3 is 0 Å². The van der Waals surface area contributed by atoms with E-state index < -0.39 is 6.10 Å². The molecule has 0 spiro atoms. The molecule has 1 saturated carbocycles. The molecule has 2 aliphatic heterocycles. The van der Waals surface area contributed by atoms with Gasteiger partial charge in [-0.15, -0.1) is 0 Å². The lowest BCUT2D eigenvalue weighted by atomic mass is 9.92. The minimum Gasteiger partial charge on any atom is -0.391 e. The summed E-state index contributed by atoms with van der Waals surface area (Å²) in [5.74, 6) is -0.105. The van der Waals surface area contributed by atoms with E-state index in [4.69, 9.17) is 0 Å². The highest BCUT2D eigenvalue weighted by Crippen LogP contribution is 2.30. The average molecular weight is 352 g/mol. The van der Waals surface area contributed by atoms with Crippen molar-refractivity contribution >= 4 is 5.91 Å². The highest BCUT2D eigenvalue weighted by Gasteiger charge is 2.35. The molecular weight excluding hydrogens is 328 g/mol. The number of nitrogens with one attached hydrogen (secondary N) is 2. The normalized spacial score (nSPS) is 27.3. The van der Waals surface area contributed by atoms with Crippen molar-refractivity contribution in [3.05, 3.63) is 65.9 Å². The van der Waals surface area contributed by atoms with Crippen LogP contribution in [-0.4, -0.2) is 39.1 Å². The summed E-state index contributed by atoms with van der Waals surface area (Å²) in [7, 11) is 0. The third kappa shape index (κ3) is 3.37. The number of amides is 1. The number of aromatic nitrogens is 1. The summed E-state index contributed by atoms with van der Waals surface area (Å²) in [6.45, 7) is 0.684. The molecule has 3 aliphatic rings. The minimum atomic E-state index is -0.447. The Morgan fingerprint density at radius 2 is 2.12 bits per heavy atom. The maximum absolute atomic E-state index is 12.9. The zero-order valence-electron chi connectivity index (χ0n) is 14.6. The Balaban J connectivity index is 1.52. The number of carbonyl (C=O) groups excluding carboxylic acids is 1. The third-order valence-electron chi connectivity index (χ3n) is 5.27. The summed E-state index contributed by atoms with van der Waals surface area (Å²) in [6.07, 6.45) is 14.5. The van der Waals surface area contributed by atoms with Gasteiger partial charge in [-0.3, -0.25) is 9.78 Å². The molecule has 1 aromatic rings. The fourth-order valence-electron chi connectivity index (χ4n) is 3.85. The zero-order chi connectivity index (χ0) is 17.9. The minimum absolute atomic E-state index is 0.105. The van der Waals surface area contributed by atoms with Gasteiger partial charge in [-0.05, 0) is 48.9 Å². The molecule has 1 fully saturated rings. The van der Waals surface area contributed by atoms with Crippen LogP contribution >= 0.6 is 0 Å². The molecule has 4 rings (SSSR count). The number of aliphatic hydroxyl groups is 1. The summed E-state index contributed by atoms with van der Waals surface area (Å²) in [5, 5.41) is 16.5. The number of fused-ring (bicyclic) bond motifs is 1. The number of nitrogens with zero attached hydrogens (tertiary/aromatic N) is 2. The van der Waals surface area contributed by atoms with Gasteiger partial charge < -0.3 is 20.6 Å². The van der Waals surface area contributed by atoms with E-state index in [2.05, 4.69) is 20.5 Å². The quantitative estimate of drug-likeness (QED) is 0.767. The number of hydrogen-bond donors (Lipinski definition) is 3. The Labute approximate surface area is 153 Å². The molecule has 6 heteroatoms. The van der Waals surface area contributed by atoms with E-state index in [9.17, 15) is 9.90 Å². The first-order chi connectivity index (χ1) is 12.7. The van der Waals surface area contributed by atoms with E-state index in [0.29, 0.717) is 12.1 Å². The summed E-state index contributed by atoms with van der Waals surface area (Å²) in [6, 6.07) is 3.65. The van der Waals surface area contributed by atoms with Gasteiger partial charge in [0.05, 0.1) is 23.8 Å². The first-order valence-electron chi connectivity index (χ1n) is 9.21. The van der Waals surface area contributed by atoms with Gasteiger partial charge in [0, 0.05) is 30.8 Å². The zero-order valence-corrected chi connectivity index (χ0v) is 14.6. The van der Waals surface area contributed by atoms with Crippen LogP contribution in [0.3, 0.4) is 0 Å². The topological polar surface area (TPSA) is 77.5 Å². The molecule has 136 valence electrons. The monoisotopic (exact) mass is 352 g/mol. The molecule has 6 nitrogen and oxygen atoms in total. The number of rotatable bonds is 4. The second-order valence-electron chi connectivity index (χ2n) is 7.05.